The lowest BCUT2D eigenvalue weighted by atomic mass is 10.1. The molecule has 28 heavy (non-hydrogen) atoms. The lowest BCUT2D eigenvalue weighted by molar-refractivity contribution is 0.101. The van der Waals surface area contributed by atoms with E-state index in [0.29, 0.717) is 17.9 Å². The van der Waals surface area contributed by atoms with Gasteiger partial charge in [0.1, 0.15) is 17.3 Å². The Morgan fingerprint density at radius 1 is 1.14 bits per heavy atom. The van der Waals surface area contributed by atoms with E-state index in [-0.39, 0.29) is 11.7 Å². The van der Waals surface area contributed by atoms with Crippen molar-refractivity contribution in [2.24, 2.45) is 0 Å². The van der Waals surface area contributed by atoms with E-state index < -0.39 is 0 Å². The fraction of sp³-hybridized carbons (Fsp3) is 0.261. The number of carbonyl (C=O) groups is 1. The first-order chi connectivity index (χ1) is 13.4. The van der Waals surface area contributed by atoms with Crippen LogP contribution < -0.4 is 10.1 Å². The Hall–Kier alpha value is -3.08. The van der Waals surface area contributed by atoms with E-state index in [1.807, 2.05) is 42.7 Å². The molecule has 1 amide bonds. The number of halogens is 1. The Morgan fingerprint density at radius 3 is 2.57 bits per heavy atom. The maximum atomic E-state index is 13.5. The first kappa shape index (κ1) is 19.7. The quantitative estimate of drug-likeness (QED) is 0.645. The molecule has 0 bridgehead atoms. The molecule has 1 heterocycles. The maximum absolute atomic E-state index is 13.5. The third-order valence-corrected chi connectivity index (χ3v) is 5.05. The number of hydrogen-bond acceptors (Lipinski definition) is 2. The molecule has 4 nitrogen and oxygen atoms in total. The minimum absolute atomic E-state index is 0.242. The van der Waals surface area contributed by atoms with Crippen LogP contribution in [0.1, 0.15) is 39.8 Å². The van der Waals surface area contributed by atoms with Gasteiger partial charge in [-0.2, -0.15) is 0 Å². The topological polar surface area (TPSA) is 43.3 Å². The summed E-state index contributed by atoms with van der Waals surface area (Å²) in [7, 11) is 1.64. The molecular formula is C23H25FN2O2. The Kier molecular flexibility index (Phi) is 5.83. The van der Waals surface area contributed by atoms with Crippen LogP contribution in [0.5, 0.6) is 5.75 Å². The number of carbonyl (C=O) groups excluding carboxylic acids is 1. The molecule has 5 heteroatoms. The predicted octanol–water partition coefficient (Wildman–Crippen LogP) is 5.12. The van der Waals surface area contributed by atoms with Crippen molar-refractivity contribution in [3.63, 3.8) is 0 Å². The number of benzene rings is 2. The Bertz CT molecular complexity index is 1010. The fourth-order valence-electron chi connectivity index (χ4n) is 3.67. The monoisotopic (exact) mass is 380 g/mol. The maximum Gasteiger partial charge on any atom is 0.272 e. The Morgan fingerprint density at radius 2 is 1.89 bits per heavy atom. The van der Waals surface area contributed by atoms with Gasteiger partial charge in [0, 0.05) is 17.9 Å². The third kappa shape index (κ3) is 3.93. The number of ether oxygens (including phenoxy) is 1. The van der Waals surface area contributed by atoms with Gasteiger partial charge in [-0.1, -0.05) is 25.1 Å². The van der Waals surface area contributed by atoms with Gasteiger partial charge in [-0.15, -0.1) is 0 Å². The SMILES string of the molecule is CCc1c(C)c(C(=O)Nc2cccc(F)c2)n(Cc2cccc(OC)c2)c1C. The highest BCUT2D eigenvalue weighted by Crippen LogP contribution is 2.26. The number of amides is 1. The second-order valence-electron chi connectivity index (χ2n) is 6.79. The highest BCUT2D eigenvalue weighted by Gasteiger charge is 2.22. The van der Waals surface area contributed by atoms with Crippen LogP contribution in [-0.2, 0) is 13.0 Å². The summed E-state index contributed by atoms with van der Waals surface area (Å²) in [5.74, 6) is 0.154. The average molecular weight is 380 g/mol. The molecule has 0 aliphatic carbocycles. The molecule has 0 spiro atoms. The van der Waals surface area contributed by atoms with Gasteiger partial charge in [0.15, 0.2) is 0 Å². The molecule has 0 radical (unpaired) electrons. The summed E-state index contributed by atoms with van der Waals surface area (Å²) in [6, 6.07) is 13.7. The van der Waals surface area contributed by atoms with E-state index in [1.165, 1.54) is 12.1 Å². The van der Waals surface area contributed by atoms with Crippen molar-refractivity contribution in [1.29, 1.82) is 0 Å². The van der Waals surface area contributed by atoms with E-state index in [0.717, 1.165) is 34.6 Å². The Balaban J connectivity index is 2.00. The first-order valence-corrected chi connectivity index (χ1v) is 9.33. The van der Waals surface area contributed by atoms with E-state index in [9.17, 15) is 9.18 Å². The molecule has 3 aromatic rings. The van der Waals surface area contributed by atoms with Crippen molar-refractivity contribution in [2.75, 3.05) is 12.4 Å². The molecule has 0 saturated heterocycles. The average Bonchev–Trinajstić information content (AvgIpc) is 2.91. The molecule has 0 fully saturated rings. The molecule has 1 N–H and O–H groups in total. The second kappa shape index (κ2) is 8.30. The molecule has 0 aliphatic rings. The van der Waals surface area contributed by atoms with Gasteiger partial charge >= 0.3 is 0 Å². The summed E-state index contributed by atoms with van der Waals surface area (Å²) in [5.41, 5.74) is 5.26. The van der Waals surface area contributed by atoms with Crippen molar-refractivity contribution in [3.05, 3.63) is 82.4 Å². The van der Waals surface area contributed by atoms with Crippen LogP contribution in [0, 0.1) is 19.7 Å². The van der Waals surface area contributed by atoms with Crippen molar-refractivity contribution in [1.82, 2.24) is 4.57 Å². The number of rotatable bonds is 6. The van der Waals surface area contributed by atoms with Crippen LogP contribution in [0.15, 0.2) is 48.5 Å². The first-order valence-electron chi connectivity index (χ1n) is 9.33. The van der Waals surface area contributed by atoms with Gasteiger partial charge in [-0.3, -0.25) is 4.79 Å². The molecule has 0 aliphatic heterocycles. The number of aromatic nitrogens is 1. The summed E-state index contributed by atoms with van der Waals surface area (Å²) in [6.45, 7) is 6.63. The molecule has 1 aromatic heterocycles. The van der Waals surface area contributed by atoms with Crippen molar-refractivity contribution in [2.45, 2.75) is 33.7 Å². The van der Waals surface area contributed by atoms with Crippen LogP contribution in [-0.4, -0.2) is 17.6 Å². The van der Waals surface area contributed by atoms with Gasteiger partial charge in [-0.05, 0) is 67.3 Å². The van der Waals surface area contributed by atoms with E-state index in [1.54, 1.807) is 19.2 Å². The molecule has 0 unspecified atom stereocenters. The molecule has 0 saturated carbocycles. The normalized spacial score (nSPS) is 10.8. The standard InChI is InChI=1S/C23H25FN2O2/c1-5-21-15(2)22(23(27)25-19-10-7-9-18(24)13-19)26(16(21)3)14-17-8-6-11-20(12-17)28-4/h6-13H,5,14H2,1-4H3,(H,25,27). The van der Waals surface area contributed by atoms with Crippen LogP contribution >= 0.6 is 0 Å². The van der Waals surface area contributed by atoms with Gasteiger partial charge in [0.05, 0.1) is 7.11 Å². The second-order valence-corrected chi connectivity index (χ2v) is 6.79. The van der Waals surface area contributed by atoms with E-state index in [2.05, 4.69) is 12.2 Å². The fourth-order valence-corrected chi connectivity index (χ4v) is 3.67. The smallest absolute Gasteiger partial charge is 0.272 e. The van der Waals surface area contributed by atoms with Crippen LogP contribution in [0.3, 0.4) is 0 Å². The molecular weight excluding hydrogens is 355 g/mol. The lowest BCUT2D eigenvalue weighted by Crippen LogP contribution is -2.19. The van der Waals surface area contributed by atoms with Crippen LogP contribution in [0.25, 0.3) is 0 Å². The van der Waals surface area contributed by atoms with Crippen molar-refractivity contribution < 1.29 is 13.9 Å². The summed E-state index contributed by atoms with van der Waals surface area (Å²) in [5, 5.41) is 2.83. The summed E-state index contributed by atoms with van der Waals surface area (Å²) in [4.78, 5) is 13.1. The predicted molar refractivity (Wildman–Crippen MR) is 110 cm³/mol. The lowest BCUT2D eigenvalue weighted by Gasteiger charge is -2.14. The minimum Gasteiger partial charge on any atom is -0.497 e. The Labute approximate surface area is 165 Å². The number of methoxy groups -OCH3 is 1. The van der Waals surface area contributed by atoms with Crippen molar-refractivity contribution >= 4 is 11.6 Å². The van der Waals surface area contributed by atoms with Crippen LogP contribution in [0.2, 0.25) is 0 Å². The molecule has 3 rings (SSSR count). The zero-order valence-corrected chi connectivity index (χ0v) is 16.7. The summed E-state index contributed by atoms with van der Waals surface area (Å²) >= 11 is 0. The van der Waals surface area contributed by atoms with Gasteiger partial charge in [-0.25, -0.2) is 4.39 Å². The van der Waals surface area contributed by atoms with Gasteiger partial charge in [0.2, 0.25) is 0 Å². The van der Waals surface area contributed by atoms with Crippen LogP contribution in [0.4, 0.5) is 10.1 Å². The summed E-state index contributed by atoms with van der Waals surface area (Å²) in [6.07, 6.45) is 0.836. The minimum atomic E-state index is -0.383. The molecule has 0 atom stereocenters. The highest BCUT2D eigenvalue weighted by molar-refractivity contribution is 6.04. The van der Waals surface area contributed by atoms with Gasteiger partial charge < -0.3 is 14.6 Å². The number of nitrogens with one attached hydrogen (secondary N) is 1. The summed E-state index contributed by atoms with van der Waals surface area (Å²) < 4.78 is 20.8. The van der Waals surface area contributed by atoms with E-state index >= 15 is 0 Å². The highest BCUT2D eigenvalue weighted by atomic mass is 19.1. The molecule has 146 valence electrons. The third-order valence-electron chi connectivity index (χ3n) is 5.05. The number of anilines is 1. The van der Waals surface area contributed by atoms with Gasteiger partial charge in [0.25, 0.3) is 5.91 Å². The number of nitrogens with zero attached hydrogens (tertiary/aromatic N) is 1. The largest absolute Gasteiger partial charge is 0.497 e. The van der Waals surface area contributed by atoms with E-state index in [4.69, 9.17) is 4.74 Å². The zero-order valence-electron chi connectivity index (χ0n) is 16.7. The molecule has 2 aromatic carbocycles. The number of hydrogen-bond donors (Lipinski definition) is 1. The zero-order chi connectivity index (χ0) is 20.3. The van der Waals surface area contributed by atoms with Crippen molar-refractivity contribution in [3.8, 4) is 5.75 Å².